The monoisotopic (exact) mass is 287 g/mol. The Kier molecular flexibility index (Phi) is 7.06. The van der Waals surface area contributed by atoms with E-state index in [1.54, 1.807) is 0 Å². The maximum Gasteiger partial charge on any atom is 0.0624 e. The van der Waals surface area contributed by atoms with Gasteiger partial charge in [0.25, 0.3) is 0 Å². The van der Waals surface area contributed by atoms with Crippen LogP contribution in [0.3, 0.4) is 0 Å². The zero-order chi connectivity index (χ0) is 13.5. The van der Waals surface area contributed by atoms with Crippen molar-refractivity contribution < 1.29 is 0 Å². The number of benzene rings is 1. The molecule has 0 bridgehead atoms. The number of rotatable bonds is 7. The van der Waals surface area contributed by atoms with Crippen molar-refractivity contribution in [2.24, 2.45) is 5.92 Å². The molecule has 0 saturated carbocycles. The zero-order valence-corrected chi connectivity index (χ0v) is 13.0. The molecule has 1 rings (SSSR count). The van der Waals surface area contributed by atoms with E-state index in [0.29, 0.717) is 22.0 Å². The van der Waals surface area contributed by atoms with Gasteiger partial charge in [-0.1, -0.05) is 49.2 Å². The molecule has 3 heteroatoms. The predicted molar refractivity (Wildman–Crippen MR) is 81.7 cm³/mol. The SMILES string of the molecule is CCCNC(C)CC(C)Cc1cccc(Cl)c1Cl. The Labute approximate surface area is 121 Å². The van der Waals surface area contributed by atoms with Crippen LogP contribution in [-0.4, -0.2) is 12.6 Å². The number of hydrogen-bond donors (Lipinski definition) is 1. The summed E-state index contributed by atoms with van der Waals surface area (Å²) in [6, 6.07) is 6.42. The van der Waals surface area contributed by atoms with E-state index in [-0.39, 0.29) is 0 Å². The molecule has 1 aromatic carbocycles. The summed E-state index contributed by atoms with van der Waals surface area (Å²) in [6.07, 6.45) is 3.32. The van der Waals surface area contributed by atoms with Gasteiger partial charge in [-0.05, 0) is 50.3 Å². The molecule has 0 aliphatic rings. The molecule has 2 atom stereocenters. The van der Waals surface area contributed by atoms with Gasteiger partial charge in [0.05, 0.1) is 10.0 Å². The van der Waals surface area contributed by atoms with Crippen molar-refractivity contribution in [3.63, 3.8) is 0 Å². The molecule has 0 aliphatic carbocycles. The first-order chi connectivity index (χ1) is 8.54. The maximum absolute atomic E-state index is 6.21. The van der Waals surface area contributed by atoms with E-state index >= 15 is 0 Å². The van der Waals surface area contributed by atoms with Crippen LogP contribution in [0, 0.1) is 5.92 Å². The molecule has 1 aromatic rings. The van der Waals surface area contributed by atoms with Gasteiger partial charge in [-0.15, -0.1) is 0 Å². The van der Waals surface area contributed by atoms with Crippen LogP contribution in [0.2, 0.25) is 10.0 Å². The minimum atomic E-state index is 0.554. The Morgan fingerprint density at radius 3 is 2.61 bits per heavy atom. The van der Waals surface area contributed by atoms with Gasteiger partial charge in [-0.3, -0.25) is 0 Å². The van der Waals surface area contributed by atoms with Crippen LogP contribution in [0.5, 0.6) is 0 Å². The lowest BCUT2D eigenvalue weighted by atomic mass is 9.95. The molecule has 102 valence electrons. The highest BCUT2D eigenvalue weighted by molar-refractivity contribution is 6.42. The smallest absolute Gasteiger partial charge is 0.0624 e. The Bertz CT molecular complexity index is 366. The quantitative estimate of drug-likeness (QED) is 0.748. The first-order valence-corrected chi connectivity index (χ1v) is 7.46. The molecule has 1 nitrogen and oxygen atoms in total. The van der Waals surface area contributed by atoms with E-state index in [1.165, 1.54) is 6.42 Å². The second-order valence-electron chi connectivity index (χ2n) is 5.11. The molecule has 0 heterocycles. The maximum atomic E-state index is 6.21. The van der Waals surface area contributed by atoms with E-state index < -0.39 is 0 Å². The minimum Gasteiger partial charge on any atom is -0.314 e. The molecule has 0 spiro atoms. The lowest BCUT2D eigenvalue weighted by Gasteiger charge is -2.19. The summed E-state index contributed by atoms with van der Waals surface area (Å²) in [7, 11) is 0. The van der Waals surface area contributed by atoms with Crippen molar-refractivity contribution >= 4 is 23.2 Å². The number of nitrogens with one attached hydrogen (secondary N) is 1. The highest BCUT2D eigenvalue weighted by atomic mass is 35.5. The third-order valence-electron chi connectivity index (χ3n) is 3.10. The predicted octanol–water partition coefficient (Wildman–Crippen LogP) is 4.95. The van der Waals surface area contributed by atoms with Gasteiger partial charge in [0.15, 0.2) is 0 Å². The fourth-order valence-corrected chi connectivity index (χ4v) is 2.64. The Morgan fingerprint density at radius 1 is 1.22 bits per heavy atom. The first kappa shape index (κ1) is 15.8. The Morgan fingerprint density at radius 2 is 1.94 bits per heavy atom. The molecule has 0 fully saturated rings. The van der Waals surface area contributed by atoms with E-state index in [1.807, 2.05) is 12.1 Å². The third kappa shape index (κ3) is 5.17. The molecule has 1 N–H and O–H groups in total. The standard InChI is InChI=1S/C15H23Cl2N/c1-4-8-18-12(3)9-11(2)10-13-6-5-7-14(16)15(13)17/h5-7,11-12,18H,4,8-10H2,1-3H3. The second-order valence-corrected chi connectivity index (χ2v) is 5.90. The Hall–Kier alpha value is -0.240. The summed E-state index contributed by atoms with van der Waals surface area (Å²) in [5.41, 5.74) is 1.15. The fourth-order valence-electron chi connectivity index (χ4n) is 2.24. The van der Waals surface area contributed by atoms with E-state index in [4.69, 9.17) is 23.2 Å². The molecular weight excluding hydrogens is 265 g/mol. The average Bonchev–Trinajstić information content (AvgIpc) is 2.32. The van der Waals surface area contributed by atoms with Crippen LogP contribution < -0.4 is 5.32 Å². The van der Waals surface area contributed by atoms with Gasteiger partial charge in [0, 0.05) is 6.04 Å². The molecule has 0 radical (unpaired) electrons. The molecule has 0 aromatic heterocycles. The lowest BCUT2D eigenvalue weighted by Crippen LogP contribution is -2.28. The Balaban J connectivity index is 2.49. The summed E-state index contributed by atoms with van der Waals surface area (Å²) in [5.74, 6) is 0.598. The largest absolute Gasteiger partial charge is 0.314 e. The molecule has 0 saturated heterocycles. The van der Waals surface area contributed by atoms with Crippen LogP contribution in [0.4, 0.5) is 0 Å². The van der Waals surface area contributed by atoms with Gasteiger partial charge < -0.3 is 5.32 Å². The highest BCUT2D eigenvalue weighted by Gasteiger charge is 2.12. The number of hydrogen-bond acceptors (Lipinski definition) is 1. The van der Waals surface area contributed by atoms with Crippen LogP contribution in [-0.2, 0) is 6.42 Å². The summed E-state index contributed by atoms with van der Waals surface area (Å²) >= 11 is 12.2. The van der Waals surface area contributed by atoms with Gasteiger partial charge >= 0.3 is 0 Å². The second kappa shape index (κ2) is 8.04. The van der Waals surface area contributed by atoms with Crippen LogP contribution >= 0.6 is 23.2 Å². The molecular formula is C15H23Cl2N. The summed E-state index contributed by atoms with van der Waals surface area (Å²) < 4.78 is 0. The first-order valence-electron chi connectivity index (χ1n) is 6.70. The van der Waals surface area contributed by atoms with Crippen molar-refractivity contribution in [1.29, 1.82) is 0 Å². The van der Waals surface area contributed by atoms with Crippen molar-refractivity contribution in [3.05, 3.63) is 33.8 Å². The average molecular weight is 288 g/mol. The van der Waals surface area contributed by atoms with Crippen LogP contribution in [0.15, 0.2) is 18.2 Å². The molecule has 2 unspecified atom stereocenters. The van der Waals surface area contributed by atoms with E-state index in [2.05, 4.69) is 32.2 Å². The minimum absolute atomic E-state index is 0.554. The summed E-state index contributed by atoms with van der Waals surface area (Å²) in [4.78, 5) is 0. The molecule has 18 heavy (non-hydrogen) atoms. The van der Waals surface area contributed by atoms with Crippen molar-refractivity contribution in [3.8, 4) is 0 Å². The fraction of sp³-hybridized carbons (Fsp3) is 0.600. The van der Waals surface area contributed by atoms with Gasteiger partial charge in [0.1, 0.15) is 0 Å². The van der Waals surface area contributed by atoms with Crippen LogP contribution in [0.1, 0.15) is 39.2 Å². The van der Waals surface area contributed by atoms with E-state index in [0.717, 1.165) is 24.9 Å². The van der Waals surface area contributed by atoms with Crippen molar-refractivity contribution in [2.75, 3.05) is 6.54 Å². The normalized spacial score (nSPS) is 14.5. The summed E-state index contributed by atoms with van der Waals surface area (Å²) in [6.45, 7) is 7.79. The zero-order valence-electron chi connectivity index (χ0n) is 11.5. The van der Waals surface area contributed by atoms with Crippen molar-refractivity contribution in [2.45, 2.75) is 46.1 Å². The van der Waals surface area contributed by atoms with E-state index in [9.17, 15) is 0 Å². The molecule has 0 amide bonds. The number of halogens is 2. The highest BCUT2D eigenvalue weighted by Crippen LogP contribution is 2.28. The van der Waals surface area contributed by atoms with Crippen LogP contribution in [0.25, 0.3) is 0 Å². The molecule has 0 aliphatic heterocycles. The van der Waals surface area contributed by atoms with Crippen molar-refractivity contribution in [1.82, 2.24) is 5.32 Å². The summed E-state index contributed by atoms with van der Waals surface area (Å²) in [5, 5.41) is 4.88. The van der Waals surface area contributed by atoms with Gasteiger partial charge in [0.2, 0.25) is 0 Å². The lowest BCUT2D eigenvalue weighted by molar-refractivity contribution is 0.420. The third-order valence-corrected chi connectivity index (χ3v) is 3.96. The van der Waals surface area contributed by atoms with Gasteiger partial charge in [-0.2, -0.15) is 0 Å². The topological polar surface area (TPSA) is 12.0 Å². The van der Waals surface area contributed by atoms with Gasteiger partial charge in [-0.25, -0.2) is 0 Å².